The van der Waals surface area contributed by atoms with Gasteiger partial charge in [-0.25, -0.2) is 8.78 Å². The SMILES string of the molecule is O=c1c(CO)c[nH]c(CCl)c1C(F)F. The average Bonchev–Trinajstić information content (AvgIpc) is 2.16. The van der Waals surface area contributed by atoms with Crippen molar-refractivity contribution < 1.29 is 13.9 Å². The van der Waals surface area contributed by atoms with Crippen LogP contribution in [0.5, 0.6) is 0 Å². The van der Waals surface area contributed by atoms with Gasteiger partial charge in [-0.15, -0.1) is 11.6 Å². The van der Waals surface area contributed by atoms with Crippen molar-refractivity contribution >= 4 is 11.6 Å². The molecule has 0 amide bonds. The molecule has 0 saturated carbocycles. The van der Waals surface area contributed by atoms with E-state index in [-0.39, 0.29) is 17.1 Å². The van der Waals surface area contributed by atoms with Gasteiger partial charge in [0.2, 0.25) is 0 Å². The van der Waals surface area contributed by atoms with E-state index in [0.717, 1.165) is 0 Å². The molecular weight excluding hydrogens is 216 g/mol. The molecule has 0 saturated heterocycles. The molecule has 0 radical (unpaired) electrons. The van der Waals surface area contributed by atoms with Crippen molar-refractivity contribution in [1.82, 2.24) is 4.98 Å². The smallest absolute Gasteiger partial charge is 0.269 e. The zero-order valence-corrected chi connectivity index (χ0v) is 7.81. The molecule has 0 aliphatic rings. The number of H-pyrrole nitrogens is 1. The topological polar surface area (TPSA) is 53.1 Å². The molecule has 1 aromatic rings. The van der Waals surface area contributed by atoms with Crippen molar-refractivity contribution in [2.75, 3.05) is 0 Å². The lowest BCUT2D eigenvalue weighted by Gasteiger charge is -2.06. The molecule has 6 heteroatoms. The first-order chi connectivity index (χ1) is 6.61. The molecule has 3 nitrogen and oxygen atoms in total. The van der Waals surface area contributed by atoms with E-state index in [4.69, 9.17) is 16.7 Å². The highest BCUT2D eigenvalue weighted by atomic mass is 35.5. The molecule has 1 rings (SSSR count). The largest absolute Gasteiger partial charge is 0.391 e. The second kappa shape index (κ2) is 4.52. The number of alkyl halides is 3. The first-order valence-electron chi connectivity index (χ1n) is 3.80. The third-order valence-electron chi connectivity index (χ3n) is 1.80. The van der Waals surface area contributed by atoms with Crippen molar-refractivity contribution in [3.05, 3.63) is 33.2 Å². The number of hydrogen-bond donors (Lipinski definition) is 2. The van der Waals surface area contributed by atoms with E-state index in [1.54, 1.807) is 0 Å². The molecule has 14 heavy (non-hydrogen) atoms. The van der Waals surface area contributed by atoms with E-state index >= 15 is 0 Å². The van der Waals surface area contributed by atoms with Crippen LogP contribution < -0.4 is 5.43 Å². The van der Waals surface area contributed by atoms with Crippen LogP contribution in [-0.2, 0) is 12.5 Å². The Morgan fingerprint density at radius 3 is 2.64 bits per heavy atom. The summed E-state index contributed by atoms with van der Waals surface area (Å²) in [6, 6.07) is 0. The molecule has 0 spiro atoms. The van der Waals surface area contributed by atoms with Gasteiger partial charge in [0.15, 0.2) is 5.43 Å². The maximum absolute atomic E-state index is 12.4. The maximum atomic E-state index is 12.4. The number of hydrogen-bond acceptors (Lipinski definition) is 2. The summed E-state index contributed by atoms with van der Waals surface area (Å²) < 4.78 is 24.9. The number of halogens is 3. The molecule has 0 unspecified atom stereocenters. The Balaban J connectivity index is 3.39. The number of aliphatic hydroxyl groups excluding tert-OH is 1. The van der Waals surface area contributed by atoms with Crippen molar-refractivity contribution in [2.24, 2.45) is 0 Å². The minimum atomic E-state index is -2.89. The lowest BCUT2D eigenvalue weighted by molar-refractivity contribution is 0.148. The molecule has 0 aliphatic carbocycles. The summed E-state index contributed by atoms with van der Waals surface area (Å²) in [4.78, 5) is 13.8. The van der Waals surface area contributed by atoms with Crippen molar-refractivity contribution in [3.8, 4) is 0 Å². The second-order valence-corrected chi connectivity index (χ2v) is 2.89. The number of aromatic amines is 1. The van der Waals surface area contributed by atoms with E-state index in [1.807, 2.05) is 0 Å². The lowest BCUT2D eigenvalue weighted by Crippen LogP contribution is -2.18. The molecule has 2 N–H and O–H groups in total. The van der Waals surface area contributed by atoms with Crippen LogP contribution in [0.3, 0.4) is 0 Å². The zero-order chi connectivity index (χ0) is 10.7. The Morgan fingerprint density at radius 2 is 2.21 bits per heavy atom. The lowest BCUT2D eigenvalue weighted by atomic mass is 10.1. The Labute approximate surface area is 83.3 Å². The molecule has 0 fully saturated rings. The van der Waals surface area contributed by atoms with Gasteiger partial charge in [-0.05, 0) is 0 Å². The van der Waals surface area contributed by atoms with Crippen LogP contribution in [0.4, 0.5) is 8.78 Å². The van der Waals surface area contributed by atoms with Gasteiger partial charge in [-0.1, -0.05) is 0 Å². The fourth-order valence-electron chi connectivity index (χ4n) is 1.09. The summed E-state index contributed by atoms with van der Waals surface area (Å²) in [5.74, 6) is -0.194. The van der Waals surface area contributed by atoms with Crippen LogP contribution >= 0.6 is 11.6 Å². The van der Waals surface area contributed by atoms with Crippen LogP contribution in [-0.4, -0.2) is 10.1 Å². The van der Waals surface area contributed by atoms with Gasteiger partial charge in [0, 0.05) is 17.5 Å². The van der Waals surface area contributed by atoms with Crippen LogP contribution in [0.25, 0.3) is 0 Å². The molecule has 0 atom stereocenters. The molecule has 78 valence electrons. The molecular formula is C8H8ClF2NO2. The summed E-state index contributed by atoms with van der Waals surface area (Å²) >= 11 is 5.38. The highest BCUT2D eigenvalue weighted by molar-refractivity contribution is 6.17. The quantitative estimate of drug-likeness (QED) is 0.764. The number of pyridine rings is 1. The zero-order valence-electron chi connectivity index (χ0n) is 7.06. The summed E-state index contributed by atoms with van der Waals surface area (Å²) in [5.41, 5.74) is -1.61. The monoisotopic (exact) mass is 223 g/mol. The van der Waals surface area contributed by atoms with Gasteiger partial charge in [0.25, 0.3) is 6.43 Å². The van der Waals surface area contributed by atoms with Gasteiger partial charge in [0.05, 0.1) is 18.1 Å². The Morgan fingerprint density at radius 1 is 1.57 bits per heavy atom. The van der Waals surface area contributed by atoms with Gasteiger partial charge >= 0.3 is 0 Å². The second-order valence-electron chi connectivity index (χ2n) is 2.63. The first kappa shape index (κ1) is 11.1. The molecule has 1 aromatic heterocycles. The molecule has 0 aliphatic heterocycles. The Hall–Kier alpha value is -0.940. The predicted octanol–water partition coefficient (Wildman–Crippen LogP) is 1.54. The van der Waals surface area contributed by atoms with Crippen LogP contribution in [0.2, 0.25) is 0 Å². The fourth-order valence-corrected chi connectivity index (χ4v) is 1.31. The molecule has 0 bridgehead atoms. The van der Waals surface area contributed by atoms with Gasteiger partial charge in [-0.3, -0.25) is 4.79 Å². The van der Waals surface area contributed by atoms with Crippen molar-refractivity contribution in [2.45, 2.75) is 18.9 Å². The molecule has 0 aromatic carbocycles. The number of aromatic nitrogens is 1. The highest BCUT2D eigenvalue weighted by Gasteiger charge is 2.19. The highest BCUT2D eigenvalue weighted by Crippen LogP contribution is 2.19. The number of rotatable bonds is 3. The maximum Gasteiger partial charge on any atom is 0.269 e. The number of aliphatic hydroxyl groups is 1. The Kier molecular flexibility index (Phi) is 3.60. The predicted molar refractivity (Wildman–Crippen MR) is 47.5 cm³/mol. The first-order valence-corrected chi connectivity index (χ1v) is 4.33. The molecule has 1 heterocycles. The standard InChI is InChI=1S/C8H8ClF2NO2/c9-1-5-6(8(10)11)7(14)4(3-13)2-12-5/h2,8,13H,1,3H2,(H,12,14). The van der Waals surface area contributed by atoms with Gasteiger partial charge in [-0.2, -0.15) is 0 Å². The third kappa shape index (κ3) is 1.93. The normalized spacial score (nSPS) is 10.9. The van der Waals surface area contributed by atoms with E-state index < -0.39 is 24.0 Å². The van der Waals surface area contributed by atoms with Crippen molar-refractivity contribution in [1.29, 1.82) is 0 Å². The van der Waals surface area contributed by atoms with Crippen LogP contribution in [0, 0.1) is 0 Å². The Bertz CT molecular complexity index is 378. The summed E-state index contributed by atoms with van der Waals surface area (Å²) in [6.45, 7) is -0.572. The summed E-state index contributed by atoms with van der Waals surface area (Å²) in [6.07, 6.45) is -1.70. The fraction of sp³-hybridized carbons (Fsp3) is 0.375. The number of nitrogens with one attached hydrogen (secondary N) is 1. The van der Waals surface area contributed by atoms with Gasteiger partial charge < -0.3 is 10.1 Å². The average molecular weight is 224 g/mol. The van der Waals surface area contributed by atoms with Crippen molar-refractivity contribution in [3.63, 3.8) is 0 Å². The summed E-state index contributed by atoms with van der Waals surface area (Å²) in [5, 5.41) is 8.69. The van der Waals surface area contributed by atoms with Gasteiger partial charge in [0.1, 0.15) is 0 Å². The minimum Gasteiger partial charge on any atom is -0.391 e. The van der Waals surface area contributed by atoms with E-state index in [9.17, 15) is 13.6 Å². The van der Waals surface area contributed by atoms with E-state index in [2.05, 4.69) is 4.98 Å². The third-order valence-corrected chi connectivity index (χ3v) is 2.07. The van der Waals surface area contributed by atoms with E-state index in [0.29, 0.717) is 0 Å². The van der Waals surface area contributed by atoms with E-state index in [1.165, 1.54) is 6.20 Å². The van der Waals surface area contributed by atoms with Crippen LogP contribution in [0.15, 0.2) is 11.0 Å². The minimum absolute atomic E-state index is 0.0103. The van der Waals surface area contributed by atoms with Crippen LogP contribution in [0.1, 0.15) is 23.2 Å². The summed E-state index contributed by atoms with van der Waals surface area (Å²) in [7, 11) is 0.